The van der Waals surface area contributed by atoms with Crippen LogP contribution in [0.15, 0.2) is 0 Å². The second-order valence-corrected chi connectivity index (χ2v) is 36.0. The molecule has 0 saturated carbocycles. The smallest absolute Gasteiger partial charge is 0.0746 e. The number of aliphatic hydroxyl groups excluding tert-OH is 2. The van der Waals surface area contributed by atoms with Crippen LogP contribution in [0.25, 0.3) is 0 Å². The average molecular weight is 655 g/mol. The second kappa shape index (κ2) is 49.4. The molecule has 0 atom stereocenters. The van der Waals surface area contributed by atoms with Gasteiger partial charge in [0.05, 0.1) is 8.07 Å². The molecule has 0 bridgehead atoms. The normalized spacial score (nSPS) is 9.30. The summed E-state index contributed by atoms with van der Waals surface area (Å²) in [6.45, 7) is 42.1. The van der Waals surface area contributed by atoms with E-state index in [-0.39, 0.29) is 57.8 Å². The molecule has 0 aliphatic carbocycles. The Balaban J connectivity index is -0.0000000235. The molecule has 40 heavy (non-hydrogen) atoms. The maximum Gasteiger partial charge on any atom is 0.0746 e. The Bertz CT molecular complexity index is 308. The molecule has 0 aromatic rings. The lowest BCUT2D eigenvalue weighted by Crippen LogP contribution is -2.27. The van der Waals surface area contributed by atoms with E-state index in [9.17, 15) is 0 Å². The zero-order valence-electron chi connectivity index (χ0n) is 27.7. The van der Waals surface area contributed by atoms with Crippen LogP contribution < -0.4 is 0 Å². The van der Waals surface area contributed by atoms with Crippen molar-refractivity contribution in [2.75, 3.05) is 26.1 Å². The molecule has 2 N–H and O–H groups in total. The lowest BCUT2D eigenvalue weighted by Gasteiger charge is -2.13. The van der Waals surface area contributed by atoms with E-state index >= 15 is 0 Å². The Hall–Kier alpha value is 0.748. The van der Waals surface area contributed by atoms with Crippen molar-refractivity contribution in [3.63, 3.8) is 0 Å². The summed E-state index contributed by atoms with van der Waals surface area (Å²) >= 11 is 0. The lowest BCUT2D eigenvalue weighted by molar-refractivity contribution is 0.189. The van der Waals surface area contributed by atoms with Crippen molar-refractivity contribution < 1.29 is 14.9 Å². The third-order valence-corrected chi connectivity index (χ3v) is 11.3. The number of unbranched alkanes of at least 4 members (excludes halogenated alkanes) is 1. The number of hydrogen-bond donors (Lipinski definition) is 2. The van der Waals surface area contributed by atoms with E-state index in [1.165, 1.54) is 31.0 Å². The molecule has 0 aromatic heterocycles. The summed E-state index contributed by atoms with van der Waals surface area (Å²) in [4.78, 5) is 0. The van der Waals surface area contributed by atoms with E-state index in [1.807, 2.05) is 6.92 Å². The molecule has 0 amide bonds. The quantitative estimate of drug-likeness (QED) is 0.256. The first kappa shape index (κ1) is 77.9. The SMILES string of the molecule is C.C.C.C.C.C.CCCC[Si](C)(C)C.CCO.CCO.CCOC[Si](C)(C)C.CC[Si](C)(C)C.CC[Si](C)(C)C. The van der Waals surface area contributed by atoms with Gasteiger partial charge >= 0.3 is 0 Å². The molecule has 0 fully saturated rings. The summed E-state index contributed by atoms with van der Waals surface area (Å²) in [7, 11) is -2.84. The average Bonchev–Trinajstić information content (AvgIpc) is 2.65. The summed E-state index contributed by atoms with van der Waals surface area (Å²) in [6, 6.07) is 4.32. The lowest BCUT2D eigenvalue weighted by atomic mass is 10.4. The van der Waals surface area contributed by atoms with Crippen molar-refractivity contribution in [1.82, 2.24) is 0 Å². The Morgan fingerprint density at radius 1 is 0.450 bits per heavy atom. The fraction of sp³-hybridized carbons (Fsp3) is 1.00. The van der Waals surface area contributed by atoms with Gasteiger partial charge in [-0.25, -0.2) is 0 Å². The van der Waals surface area contributed by atoms with Crippen molar-refractivity contribution in [2.45, 2.75) is 196 Å². The van der Waals surface area contributed by atoms with Crippen LogP contribution in [0.5, 0.6) is 0 Å². The fourth-order valence-electron chi connectivity index (χ4n) is 1.12. The van der Waals surface area contributed by atoms with Gasteiger partial charge < -0.3 is 14.9 Å². The van der Waals surface area contributed by atoms with Crippen LogP contribution in [-0.2, 0) is 4.74 Å². The summed E-state index contributed by atoms with van der Waals surface area (Å²) < 4.78 is 5.26. The molecular formula is C33H98O3Si4. The predicted molar refractivity (Wildman–Crippen MR) is 216 cm³/mol. The van der Waals surface area contributed by atoms with Crippen LogP contribution in [0.4, 0.5) is 0 Å². The number of ether oxygens (including phenoxy) is 1. The van der Waals surface area contributed by atoms with Crippen LogP contribution in [0, 0.1) is 0 Å². The van der Waals surface area contributed by atoms with Gasteiger partial charge in [0.15, 0.2) is 0 Å². The van der Waals surface area contributed by atoms with Gasteiger partial charge in [0.25, 0.3) is 0 Å². The minimum absolute atomic E-state index is 0. The minimum atomic E-state index is -0.900. The van der Waals surface area contributed by atoms with Crippen LogP contribution in [0.2, 0.25) is 96.7 Å². The Morgan fingerprint density at radius 2 is 0.675 bits per heavy atom. The summed E-state index contributed by atoms with van der Waals surface area (Å²) in [5.74, 6) is 0. The molecule has 0 radical (unpaired) electrons. The van der Waals surface area contributed by atoms with Gasteiger partial charge in [0.2, 0.25) is 0 Å². The summed E-state index contributed by atoms with van der Waals surface area (Å²) in [5, 5.41) is 15.1. The van der Waals surface area contributed by atoms with Gasteiger partial charge in [-0.15, -0.1) is 0 Å². The minimum Gasteiger partial charge on any atom is -0.397 e. The monoisotopic (exact) mass is 655 g/mol. The van der Waals surface area contributed by atoms with Gasteiger partial charge in [-0.1, -0.05) is 175 Å². The zero-order chi connectivity index (χ0) is 29.1. The number of hydrogen-bond acceptors (Lipinski definition) is 3. The largest absolute Gasteiger partial charge is 0.397 e. The highest BCUT2D eigenvalue weighted by Crippen LogP contribution is 2.11. The van der Waals surface area contributed by atoms with Crippen molar-refractivity contribution in [3.05, 3.63) is 0 Å². The van der Waals surface area contributed by atoms with Crippen molar-refractivity contribution in [2.24, 2.45) is 0 Å². The molecular weight excluding hydrogens is 557 g/mol. The molecule has 7 heteroatoms. The molecule has 0 unspecified atom stereocenters. The molecule has 0 rings (SSSR count). The molecule has 0 aliphatic rings. The van der Waals surface area contributed by atoms with E-state index in [1.54, 1.807) is 13.8 Å². The summed E-state index contributed by atoms with van der Waals surface area (Å²) in [5.41, 5.74) is 0. The van der Waals surface area contributed by atoms with E-state index in [0.717, 1.165) is 12.8 Å². The van der Waals surface area contributed by atoms with Crippen molar-refractivity contribution in [1.29, 1.82) is 0 Å². The van der Waals surface area contributed by atoms with E-state index in [2.05, 4.69) is 99.3 Å². The van der Waals surface area contributed by atoms with E-state index in [4.69, 9.17) is 14.9 Å². The molecule has 0 saturated heterocycles. The Morgan fingerprint density at radius 3 is 0.725 bits per heavy atom. The van der Waals surface area contributed by atoms with Gasteiger partial charge in [-0.05, 0) is 20.8 Å². The highest BCUT2D eigenvalue weighted by atomic mass is 28.3. The standard InChI is InChI=1S/C7H18Si.C6H16OSi.2C5H14Si.2C2H6O.6CH4/c1-5-6-7-8(2,3)4;1-5-7-6-8(2,3)4;2*1-5-6(2,3)4;2*1-2-3;;;;;;/h5-7H2,1-4H3;5-6H2,1-4H3;2*5H2,1-4H3;2*3H,2H2,1H3;6*1H4. The highest BCUT2D eigenvalue weighted by Gasteiger charge is 2.11. The van der Waals surface area contributed by atoms with Crippen LogP contribution in [-0.4, -0.2) is 68.6 Å². The second-order valence-electron chi connectivity index (χ2n) is 13.3. The van der Waals surface area contributed by atoms with Crippen LogP contribution in [0.1, 0.15) is 98.9 Å². The molecule has 3 nitrogen and oxygen atoms in total. The van der Waals surface area contributed by atoms with Gasteiger partial charge in [-0.3, -0.25) is 0 Å². The third kappa shape index (κ3) is 197. The molecule has 0 aliphatic heterocycles. The Labute approximate surface area is 268 Å². The first-order valence-corrected chi connectivity index (χ1v) is 28.7. The summed E-state index contributed by atoms with van der Waals surface area (Å²) in [6.07, 6.45) is 3.81. The Kier molecular flexibility index (Phi) is 96.3. The number of rotatable bonds is 8. The van der Waals surface area contributed by atoms with Crippen molar-refractivity contribution >= 4 is 32.3 Å². The topological polar surface area (TPSA) is 49.7 Å². The van der Waals surface area contributed by atoms with Gasteiger partial charge in [-0.2, -0.15) is 0 Å². The molecule has 0 spiro atoms. The first-order chi connectivity index (χ1) is 15.1. The zero-order valence-corrected chi connectivity index (χ0v) is 31.7. The van der Waals surface area contributed by atoms with E-state index < -0.39 is 32.3 Å². The maximum absolute atomic E-state index is 7.57. The van der Waals surface area contributed by atoms with Gasteiger partial charge in [0.1, 0.15) is 0 Å². The van der Waals surface area contributed by atoms with E-state index in [0.29, 0.717) is 0 Å². The van der Waals surface area contributed by atoms with Gasteiger partial charge in [0, 0.05) is 50.3 Å². The first-order valence-electron chi connectivity index (χ1n) is 13.9. The third-order valence-electron chi connectivity index (χ3n) is 4.14. The van der Waals surface area contributed by atoms with Crippen LogP contribution in [0.3, 0.4) is 0 Å². The molecule has 0 aromatic carbocycles. The fourth-order valence-corrected chi connectivity index (χ4v) is 3.35. The predicted octanol–water partition coefficient (Wildman–Crippen LogP) is 13.5. The van der Waals surface area contributed by atoms with Crippen molar-refractivity contribution in [3.8, 4) is 0 Å². The molecule has 264 valence electrons. The van der Waals surface area contributed by atoms with Crippen LogP contribution >= 0.6 is 0 Å². The number of aliphatic hydroxyl groups is 2. The maximum atomic E-state index is 7.57. The highest BCUT2D eigenvalue weighted by molar-refractivity contribution is 6.77. The molecule has 0 heterocycles.